The Kier molecular flexibility index (Phi) is 4.53. The van der Waals surface area contributed by atoms with Crippen molar-refractivity contribution < 1.29 is 9.47 Å². The van der Waals surface area contributed by atoms with Gasteiger partial charge in [0.05, 0.1) is 19.7 Å². The number of rotatable bonds is 5. The molecule has 0 aliphatic carbocycles. The summed E-state index contributed by atoms with van der Waals surface area (Å²) < 4.78 is 11.0. The van der Waals surface area contributed by atoms with Crippen molar-refractivity contribution >= 4 is 27.4 Å². The smallest absolute Gasteiger partial charge is 0.206 e. The third-order valence-corrected chi connectivity index (χ3v) is 4.52. The van der Waals surface area contributed by atoms with E-state index in [9.17, 15) is 0 Å². The normalized spacial score (nSPS) is 11.1. The van der Waals surface area contributed by atoms with Crippen molar-refractivity contribution in [2.24, 2.45) is 0 Å². The first-order valence-electron chi connectivity index (χ1n) is 7.66. The number of anilines is 1. The second kappa shape index (κ2) is 6.60. The van der Waals surface area contributed by atoms with E-state index in [-0.39, 0.29) is 0 Å². The van der Waals surface area contributed by atoms with Crippen molar-refractivity contribution in [3.63, 3.8) is 0 Å². The Hall–Kier alpha value is -2.41. The molecule has 0 aliphatic rings. The lowest BCUT2D eigenvalue weighted by molar-refractivity contribution is 0.411. The molecule has 0 saturated heterocycles. The molecular weight excluding hydrogens is 324 g/mol. The van der Waals surface area contributed by atoms with Crippen LogP contribution in [0.2, 0.25) is 0 Å². The van der Waals surface area contributed by atoms with Crippen LogP contribution < -0.4 is 14.8 Å². The van der Waals surface area contributed by atoms with Crippen LogP contribution in [-0.2, 0) is 0 Å². The van der Waals surface area contributed by atoms with Gasteiger partial charge in [0, 0.05) is 23.1 Å². The number of hydrogen-bond donors (Lipinski definition) is 1. The van der Waals surface area contributed by atoms with Gasteiger partial charge < -0.3 is 14.8 Å². The quantitative estimate of drug-likeness (QED) is 0.757. The van der Waals surface area contributed by atoms with Gasteiger partial charge in [0.25, 0.3) is 0 Å². The van der Waals surface area contributed by atoms with Crippen LogP contribution in [0.1, 0.15) is 19.4 Å². The van der Waals surface area contributed by atoms with Crippen LogP contribution in [0, 0.1) is 6.92 Å². The molecular formula is C17H20N4O2S. The minimum Gasteiger partial charge on any atom is -0.496 e. The SMILES string of the molecule is COc1ccc2c(OC)cc(-c3nnc(NC(C)C)s3)nc2c1C. The summed E-state index contributed by atoms with van der Waals surface area (Å²) >= 11 is 1.48. The van der Waals surface area contributed by atoms with Crippen LogP contribution in [0.25, 0.3) is 21.6 Å². The van der Waals surface area contributed by atoms with Gasteiger partial charge in [-0.2, -0.15) is 0 Å². The zero-order chi connectivity index (χ0) is 17.3. The van der Waals surface area contributed by atoms with Crippen molar-refractivity contribution in [1.82, 2.24) is 15.2 Å². The number of aryl methyl sites for hydroxylation is 1. The molecule has 3 aromatic rings. The van der Waals surface area contributed by atoms with E-state index in [1.165, 1.54) is 11.3 Å². The number of ether oxygens (including phenoxy) is 2. The van der Waals surface area contributed by atoms with E-state index in [0.717, 1.165) is 43.8 Å². The van der Waals surface area contributed by atoms with Crippen molar-refractivity contribution in [3.05, 3.63) is 23.8 Å². The number of nitrogens with one attached hydrogen (secondary N) is 1. The monoisotopic (exact) mass is 344 g/mol. The molecule has 2 heterocycles. The number of fused-ring (bicyclic) bond motifs is 1. The largest absolute Gasteiger partial charge is 0.496 e. The Morgan fingerprint density at radius 2 is 1.83 bits per heavy atom. The van der Waals surface area contributed by atoms with Crippen LogP contribution in [0.5, 0.6) is 11.5 Å². The Bertz CT molecular complexity index is 876. The molecule has 24 heavy (non-hydrogen) atoms. The minimum absolute atomic E-state index is 0.302. The van der Waals surface area contributed by atoms with Gasteiger partial charge in [-0.05, 0) is 32.9 Å². The summed E-state index contributed by atoms with van der Waals surface area (Å²) in [5.74, 6) is 1.56. The number of hydrogen-bond acceptors (Lipinski definition) is 7. The predicted octanol–water partition coefficient (Wildman–Crippen LogP) is 3.90. The lowest BCUT2D eigenvalue weighted by atomic mass is 10.1. The Morgan fingerprint density at radius 3 is 2.50 bits per heavy atom. The van der Waals surface area contributed by atoms with Crippen LogP contribution in [0.4, 0.5) is 5.13 Å². The lowest BCUT2D eigenvalue weighted by Gasteiger charge is -2.11. The fraction of sp³-hybridized carbons (Fsp3) is 0.353. The second-order valence-electron chi connectivity index (χ2n) is 5.71. The molecule has 0 amide bonds. The molecule has 0 radical (unpaired) electrons. The number of aromatic nitrogens is 3. The number of nitrogens with zero attached hydrogens (tertiary/aromatic N) is 3. The van der Waals surface area contributed by atoms with E-state index in [0.29, 0.717) is 6.04 Å². The standard InChI is InChI=1S/C17H20N4O2S/c1-9(2)18-17-21-20-16(24-17)12-8-14(23-5)11-6-7-13(22-4)10(3)15(11)19-12/h6-9H,1-5H3,(H,18,21). The maximum atomic E-state index is 5.55. The summed E-state index contributed by atoms with van der Waals surface area (Å²) in [4.78, 5) is 4.77. The van der Waals surface area contributed by atoms with Gasteiger partial charge >= 0.3 is 0 Å². The van der Waals surface area contributed by atoms with Crippen molar-refractivity contribution in [3.8, 4) is 22.2 Å². The molecule has 0 saturated carbocycles. The van der Waals surface area contributed by atoms with Gasteiger partial charge in [0.1, 0.15) is 17.2 Å². The van der Waals surface area contributed by atoms with E-state index in [1.54, 1.807) is 14.2 Å². The minimum atomic E-state index is 0.302. The third kappa shape index (κ3) is 2.99. The maximum Gasteiger partial charge on any atom is 0.206 e. The molecule has 0 unspecified atom stereocenters. The lowest BCUT2D eigenvalue weighted by Crippen LogP contribution is -2.08. The van der Waals surface area contributed by atoms with E-state index >= 15 is 0 Å². The molecule has 6 nitrogen and oxygen atoms in total. The zero-order valence-electron chi connectivity index (χ0n) is 14.4. The first kappa shape index (κ1) is 16.4. The van der Waals surface area contributed by atoms with Gasteiger partial charge in [-0.25, -0.2) is 4.98 Å². The molecule has 0 bridgehead atoms. The van der Waals surface area contributed by atoms with Gasteiger partial charge in [-0.3, -0.25) is 0 Å². The molecule has 0 fully saturated rings. The summed E-state index contributed by atoms with van der Waals surface area (Å²) in [5.41, 5.74) is 2.56. The van der Waals surface area contributed by atoms with Gasteiger partial charge in [0.2, 0.25) is 5.13 Å². The van der Waals surface area contributed by atoms with Crippen LogP contribution in [0.15, 0.2) is 18.2 Å². The molecule has 1 aromatic carbocycles. The number of methoxy groups -OCH3 is 2. The Labute approximate surface area is 144 Å². The fourth-order valence-corrected chi connectivity index (χ4v) is 3.36. The van der Waals surface area contributed by atoms with Crippen molar-refractivity contribution in [1.29, 1.82) is 0 Å². The van der Waals surface area contributed by atoms with Gasteiger partial charge in [-0.15, -0.1) is 10.2 Å². The first-order valence-corrected chi connectivity index (χ1v) is 8.48. The van der Waals surface area contributed by atoms with E-state index in [1.807, 2.05) is 25.1 Å². The van der Waals surface area contributed by atoms with E-state index < -0.39 is 0 Å². The van der Waals surface area contributed by atoms with Crippen LogP contribution in [-0.4, -0.2) is 35.4 Å². The van der Waals surface area contributed by atoms with Crippen molar-refractivity contribution in [2.45, 2.75) is 26.8 Å². The van der Waals surface area contributed by atoms with Gasteiger partial charge in [0.15, 0.2) is 5.01 Å². The molecule has 0 aliphatic heterocycles. The fourth-order valence-electron chi connectivity index (χ4n) is 2.51. The highest BCUT2D eigenvalue weighted by atomic mass is 32.1. The molecule has 7 heteroatoms. The summed E-state index contributed by atoms with van der Waals surface area (Å²) in [7, 11) is 3.31. The third-order valence-electron chi connectivity index (χ3n) is 3.64. The molecule has 0 spiro atoms. The van der Waals surface area contributed by atoms with Crippen LogP contribution in [0.3, 0.4) is 0 Å². The summed E-state index contributed by atoms with van der Waals surface area (Å²) in [6, 6.07) is 6.09. The highest BCUT2D eigenvalue weighted by molar-refractivity contribution is 7.18. The molecule has 3 rings (SSSR count). The molecule has 2 aromatic heterocycles. The number of pyridine rings is 1. The van der Waals surface area contributed by atoms with Gasteiger partial charge in [-0.1, -0.05) is 11.3 Å². The first-order chi connectivity index (χ1) is 11.5. The topological polar surface area (TPSA) is 69.2 Å². The zero-order valence-corrected chi connectivity index (χ0v) is 15.2. The van der Waals surface area contributed by atoms with E-state index in [2.05, 4.69) is 29.4 Å². The highest BCUT2D eigenvalue weighted by Gasteiger charge is 2.15. The molecule has 0 atom stereocenters. The molecule has 126 valence electrons. The average Bonchev–Trinajstić information content (AvgIpc) is 3.02. The van der Waals surface area contributed by atoms with Crippen molar-refractivity contribution in [2.75, 3.05) is 19.5 Å². The van der Waals surface area contributed by atoms with E-state index in [4.69, 9.17) is 14.5 Å². The van der Waals surface area contributed by atoms with Crippen LogP contribution >= 0.6 is 11.3 Å². The summed E-state index contributed by atoms with van der Waals surface area (Å²) in [5, 5.41) is 14.2. The summed E-state index contributed by atoms with van der Waals surface area (Å²) in [6.45, 7) is 6.12. The Morgan fingerprint density at radius 1 is 1.08 bits per heavy atom. The molecule has 1 N–H and O–H groups in total. The predicted molar refractivity (Wildman–Crippen MR) is 97.2 cm³/mol. The average molecular weight is 344 g/mol. The Balaban J connectivity index is 2.14. The number of benzene rings is 1. The maximum absolute atomic E-state index is 5.55. The summed E-state index contributed by atoms with van der Waals surface area (Å²) in [6.07, 6.45) is 0. The second-order valence-corrected chi connectivity index (χ2v) is 6.69. The highest BCUT2D eigenvalue weighted by Crippen LogP contribution is 2.36.